The standard InChI is InChI=1S/C21H27N5.HI/c1-21(2,16-10-6-5-7-11-16)15-24-20(22-3)23-14-19-25-17-12-8-9-13-18(17)26(19)4;/h5-13H,14-15H2,1-4H3,(H2,22,23,24);1H. The van der Waals surface area contributed by atoms with Crippen LogP contribution in [0.5, 0.6) is 0 Å². The quantitative estimate of drug-likeness (QED) is 0.334. The van der Waals surface area contributed by atoms with Gasteiger partial charge in [0.1, 0.15) is 5.82 Å². The minimum Gasteiger partial charge on any atom is -0.356 e. The Hall–Kier alpha value is -2.09. The number of benzene rings is 2. The van der Waals surface area contributed by atoms with Crippen LogP contribution in [0.15, 0.2) is 59.6 Å². The molecule has 2 N–H and O–H groups in total. The molecule has 0 aliphatic carbocycles. The molecule has 144 valence electrons. The van der Waals surface area contributed by atoms with E-state index in [4.69, 9.17) is 4.98 Å². The summed E-state index contributed by atoms with van der Waals surface area (Å²) in [6.45, 7) is 5.87. The smallest absolute Gasteiger partial charge is 0.191 e. The first-order valence-corrected chi connectivity index (χ1v) is 8.91. The Labute approximate surface area is 178 Å². The molecule has 0 bridgehead atoms. The molecule has 3 rings (SSSR count). The molecule has 0 aliphatic rings. The summed E-state index contributed by atoms with van der Waals surface area (Å²) in [6, 6.07) is 18.7. The Morgan fingerprint density at radius 3 is 2.37 bits per heavy atom. The number of halogens is 1. The zero-order valence-corrected chi connectivity index (χ0v) is 18.7. The molecule has 0 saturated heterocycles. The molecule has 27 heavy (non-hydrogen) atoms. The van der Waals surface area contributed by atoms with Crippen molar-refractivity contribution in [2.24, 2.45) is 12.0 Å². The molecule has 0 spiro atoms. The normalized spacial score (nSPS) is 11.9. The van der Waals surface area contributed by atoms with Crippen molar-refractivity contribution in [2.45, 2.75) is 25.8 Å². The van der Waals surface area contributed by atoms with E-state index < -0.39 is 0 Å². The van der Waals surface area contributed by atoms with Gasteiger partial charge in [-0.2, -0.15) is 0 Å². The van der Waals surface area contributed by atoms with Crippen molar-refractivity contribution in [3.05, 3.63) is 66.0 Å². The van der Waals surface area contributed by atoms with Crippen LogP contribution in [0.1, 0.15) is 25.2 Å². The zero-order valence-electron chi connectivity index (χ0n) is 16.4. The van der Waals surface area contributed by atoms with E-state index in [1.54, 1.807) is 7.05 Å². The highest BCUT2D eigenvalue weighted by Crippen LogP contribution is 2.21. The minimum absolute atomic E-state index is 0. The second kappa shape index (κ2) is 9.21. The SMILES string of the molecule is CN=C(NCc1nc2ccccc2n1C)NCC(C)(C)c1ccccc1.I. The number of nitrogens with one attached hydrogen (secondary N) is 2. The number of rotatable bonds is 5. The molecule has 0 radical (unpaired) electrons. The molecule has 1 aromatic heterocycles. The van der Waals surface area contributed by atoms with Crippen molar-refractivity contribution in [1.29, 1.82) is 0 Å². The van der Waals surface area contributed by atoms with Crippen molar-refractivity contribution >= 4 is 41.0 Å². The van der Waals surface area contributed by atoms with Gasteiger partial charge < -0.3 is 15.2 Å². The van der Waals surface area contributed by atoms with Gasteiger partial charge in [0, 0.05) is 26.1 Å². The molecule has 0 atom stereocenters. The molecule has 2 aromatic carbocycles. The summed E-state index contributed by atoms with van der Waals surface area (Å²) in [5.41, 5.74) is 3.47. The highest BCUT2D eigenvalue weighted by Gasteiger charge is 2.20. The molecule has 5 nitrogen and oxygen atoms in total. The van der Waals surface area contributed by atoms with Crippen LogP contribution < -0.4 is 10.6 Å². The fraction of sp³-hybridized carbons (Fsp3) is 0.333. The van der Waals surface area contributed by atoms with Gasteiger partial charge >= 0.3 is 0 Å². The molecule has 3 aromatic rings. The van der Waals surface area contributed by atoms with Crippen LogP contribution in [0.3, 0.4) is 0 Å². The summed E-state index contributed by atoms with van der Waals surface area (Å²) in [6.07, 6.45) is 0. The molecule has 0 aliphatic heterocycles. The third kappa shape index (κ3) is 5.00. The number of imidazole rings is 1. The fourth-order valence-electron chi connectivity index (χ4n) is 3.03. The first kappa shape index (κ1) is 21.2. The lowest BCUT2D eigenvalue weighted by atomic mass is 9.85. The van der Waals surface area contributed by atoms with E-state index in [0.29, 0.717) is 6.54 Å². The minimum atomic E-state index is 0. The number of aliphatic imine (C=N–C) groups is 1. The molecule has 6 heteroatoms. The van der Waals surface area contributed by atoms with Gasteiger partial charge in [0.05, 0.1) is 17.6 Å². The first-order valence-electron chi connectivity index (χ1n) is 8.91. The molecule has 0 unspecified atom stereocenters. The van der Waals surface area contributed by atoms with E-state index in [0.717, 1.165) is 29.4 Å². The maximum atomic E-state index is 4.69. The van der Waals surface area contributed by atoms with E-state index >= 15 is 0 Å². The third-order valence-corrected chi connectivity index (χ3v) is 4.77. The molecule has 0 saturated carbocycles. The van der Waals surface area contributed by atoms with Crippen molar-refractivity contribution in [3.8, 4) is 0 Å². The van der Waals surface area contributed by atoms with Gasteiger partial charge in [0.2, 0.25) is 0 Å². The summed E-state index contributed by atoms with van der Waals surface area (Å²) in [4.78, 5) is 9.03. The predicted molar refractivity (Wildman–Crippen MR) is 124 cm³/mol. The number of para-hydroxylation sites is 2. The number of nitrogens with zero attached hydrogens (tertiary/aromatic N) is 3. The van der Waals surface area contributed by atoms with Crippen LogP contribution in [0.4, 0.5) is 0 Å². The second-order valence-corrected chi connectivity index (χ2v) is 7.10. The van der Waals surface area contributed by atoms with Crippen LogP contribution >= 0.6 is 24.0 Å². The van der Waals surface area contributed by atoms with Crippen molar-refractivity contribution in [1.82, 2.24) is 20.2 Å². The van der Waals surface area contributed by atoms with Crippen molar-refractivity contribution < 1.29 is 0 Å². The second-order valence-electron chi connectivity index (χ2n) is 7.10. The van der Waals surface area contributed by atoms with Crippen molar-refractivity contribution in [2.75, 3.05) is 13.6 Å². The average molecular weight is 477 g/mol. The Morgan fingerprint density at radius 2 is 1.70 bits per heavy atom. The Kier molecular flexibility index (Phi) is 7.24. The Balaban J connectivity index is 0.00000261. The first-order chi connectivity index (χ1) is 12.5. The van der Waals surface area contributed by atoms with Crippen molar-refractivity contribution in [3.63, 3.8) is 0 Å². The van der Waals surface area contributed by atoms with E-state index in [2.05, 4.69) is 64.4 Å². The maximum absolute atomic E-state index is 4.69. The van der Waals surface area contributed by atoms with Gasteiger partial charge in [0.25, 0.3) is 0 Å². The van der Waals surface area contributed by atoms with Gasteiger partial charge in [-0.05, 0) is 17.7 Å². The van der Waals surface area contributed by atoms with Crippen LogP contribution in [-0.2, 0) is 19.0 Å². The lowest BCUT2D eigenvalue weighted by Gasteiger charge is -2.26. The molecular formula is C21H28IN5. The maximum Gasteiger partial charge on any atom is 0.191 e. The predicted octanol–water partition coefficient (Wildman–Crippen LogP) is 3.83. The lowest BCUT2D eigenvalue weighted by molar-refractivity contribution is 0.508. The van der Waals surface area contributed by atoms with Gasteiger partial charge in [0.15, 0.2) is 5.96 Å². The van der Waals surface area contributed by atoms with Crippen LogP contribution in [0, 0.1) is 0 Å². The topological polar surface area (TPSA) is 54.2 Å². The van der Waals surface area contributed by atoms with Gasteiger partial charge in [-0.1, -0.05) is 56.3 Å². The van der Waals surface area contributed by atoms with Crippen LogP contribution in [-0.4, -0.2) is 29.1 Å². The van der Waals surface area contributed by atoms with Gasteiger partial charge in [-0.15, -0.1) is 24.0 Å². The number of aromatic nitrogens is 2. The summed E-state index contributed by atoms with van der Waals surface area (Å²) in [5.74, 6) is 1.76. The van der Waals surface area contributed by atoms with E-state index in [9.17, 15) is 0 Å². The number of hydrogen-bond donors (Lipinski definition) is 2. The van der Waals surface area contributed by atoms with Crippen LogP contribution in [0.25, 0.3) is 11.0 Å². The summed E-state index contributed by atoms with van der Waals surface area (Å²) < 4.78 is 2.11. The highest BCUT2D eigenvalue weighted by atomic mass is 127. The van der Waals surface area contributed by atoms with E-state index in [1.165, 1.54) is 5.56 Å². The van der Waals surface area contributed by atoms with E-state index in [-0.39, 0.29) is 29.4 Å². The van der Waals surface area contributed by atoms with Crippen LogP contribution in [0.2, 0.25) is 0 Å². The fourth-order valence-corrected chi connectivity index (χ4v) is 3.03. The van der Waals surface area contributed by atoms with Gasteiger partial charge in [-0.3, -0.25) is 4.99 Å². The summed E-state index contributed by atoms with van der Waals surface area (Å²) >= 11 is 0. The summed E-state index contributed by atoms with van der Waals surface area (Å²) in [5, 5.41) is 6.80. The number of fused-ring (bicyclic) bond motifs is 1. The van der Waals surface area contributed by atoms with E-state index in [1.807, 2.05) is 31.3 Å². The number of aryl methyl sites for hydroxylation is 1. The molecular weight excluding hydrogens is 449 g/mol. The lowest BCUT2D eigenvalue weighted by Crippen LogP contribution is -2.43. The average Bonchev–Trinajstić information content (AvgIpc) is 2.99. The largest absolute Gasteiger partial charge is 0.356 e. The Morgan fingerprint density at radius 1 is 1.04 bits per heavy atom. The summed E-state index contributed by atoms with van der Waals surface area (Å²) in [7, 11) is 3.83. The molecule has 0 amide bonds. The monoisotopic (exact) mass is 477 g/mol. The molecule has 1 heterocycles. The Bertz CT molecular complexity index is 899. The third-order valence-electron chi connectivity index (χ3n) is 4.77. The number of hydrogen-bond acceptors (Lipinski definition) is 2. The van der Waals surface area contributed by atoms with Gasteiger partial charge in [-0.25, -0.2) is 4.98 Å². The highest BCUT2D eigenvalue weighted by molar-refractivity contribution is 14.0. The molecule has 0 fully saturated rings. The number of guanidine groups is 1. The zero-order chi connectivity index (χ0) is 18.6.